The van der Waals surface area contributed by atoms with E-state index < -0.39 is 0 Å². The predicted octanol–water partition coefficient (Wildman–Crippen LogP) is 4.46. The van der Waals surface area contributed by atoms with Crippen LogP contribution in [0.5, 0.6) is 0 Å². The Balaban J connectivity index is 2.02. The fourth-order valence-corrected chi connectivity index (χ4v) is 3.70. The molecule has 25 heavy (non-hydrogen) atoms. The maximum Gasteiger partial charge on any atom is 0.293 e. The van der Waals surface area contributed by atoms with E-state index in [-0.39, 0.29) is 23.5 Å². The standard InChI is InChI=1S/C19H17FN2O2S/c1-4-9-21-18(23)17(25-19(21)24)11-14-10-12(2)22(13(14)3)16-8-6-5-7-15(16)20/h4-8,10-11H,1,9H2,2-3H3/b17-11-. The summed E-state index contributed by atoms with van der Waals surface area (Å²) >= 11 is 0.907. The Kier molecular flexibility index (Phi) is 4.63. The van der Waals surface area contributed by atoms with Gasteiger partial charge >= 0.3 is 0 Å². The number of benzene rings is 1. The number of aryl methyl sites for hydroxylation is 1. The largest absolute Gasteiger partial charge is 0.315 e. The second-order valence-electron chi connectivity index (χ2n) is 5.69. The molecule has 1 aliphatic rings. The number of imide groups is 1. The lowest BCUT2D eigenvalue weighted by Crippen LogP contribution is -2.27. The molecule has 2 aromatic rings. The highest BCUT2D eigenvalue weighted by atomic mass is 32.2. The number of hydrogen-bond donors (Lipinski definition) is 0. The van der Waals surface area contributed by atoms with E-state index in [4.69, 9.17) is 0 Å². The molecule has 0 N–H and O–H groups in total. The average molecular weight is 356 g/mol. The summed E-state index contributed by atoms with van der Waals surface area (Å²) in [7, 11) is 0. The van der Waals surface area contributed by atoms with Crippen LogP contribution < -0.4 is 0 Å². The Labute approximate surface area is 149 Å². The lowest BCUT2D eigenvalue weighted by molar-refractivity contribution is -0.122. The van der Waals surface area contributed by atoms with E-state index in [1.807, 2.05) is 19.9 Å². The molecule has 0 radical (unpaired) electrons. The molecule has 0 saturated carbocycles. The summed E-state index contributed by atoms with van der Waals surface area (Å²) in [4.78, 5) is 25.8. The highest BCUT2D eigenvalue weighted by Crippen LogP contribution is 2.33. The number of carbonyl (C=O) groups is 2. The summed E-state index contributed by atoms with van der Waals surface area (Å²) in [5.41, 5.74) is 2.89. The van der Waals surface area contributed by atoms with E-state index >= 15 is 0 Å². The van der Waals surface area contributed by atoms with E-state index in [0.29, 0.717) is 10.6 Å². The molecular weight excluding hydrogens is 339 g/mol. The van der Waals surface area contributed by atoms with E-state index in [1.54, 1.807) is 28.8 Å². The molecule has 0 spiro atoms. The van der Waals surface area contributed by atoms with Crippen molar-refractivity contribution >= 4 is 29.0 Å². The lowest BCUT2D eigenvalue weighted by Gasteiger charge is -2.10. The third kappa shape index (κ3) is 3.05. The second-order valence-corrected chi connectivity index (χ2v) is 6.69. The molecule has 1 aromatic heterocycles. The molecule has 1 aromatic carbocycles. The van der Waals surface area contributed by atoms with Crippen molar-refractivity contribution in [2.45, 2.75) is 13.8 Å². The summed E-state index contributed by atoms with van der Waals surface area (Å²) in [6.07, 6.45) is 3.21. The van der Waals surface area contributed by atoms with Crippen LogP contribution in [0.1, 0.15) is 17.0 Å². The monoisotopic (exact) mass is 356 g/mol. The van der Waals surface area contributed by atoms with Crippen LogP contribution in [0.3, 0.4) is 0 Å². The van der Waals surface area contributed by atoms with Gasteiger partial charge in [0.1, 0.15) is 5.82 Å². The zero-order valence-electron chi connectivity index (χ0n) is 14.0. The number of nitrogens with zero attached hydrogens (tertiary/aromatic N) is 2. The van der Waals surface area contributed by atoms with Gasteiger partial charge in [-0.2, -0.15) is 0 Å². The van der Waals surface area contributed by atoms with Crippen LogP contribution in [-0.4, -0.2) is 27.2 Å². The van der Waals surface area contributed by atoms with Gasteiger partial charge in [0, 0.05) is 17.9 Å². The molecule has 128 valence electrons. The van der Waals surface area contributed by atoms with Crippen molar-refractivity contribution in [2.75, 3.05) is 6.54 Å². The normalized spacial score (nSPS) is 16.1. The van der Waals surface area contributed by atoms with Crippen LogP contribution in [-0.2, 0) is 4.79 Å². The number of rotatable bonds is 4. The molecule has 6 heteroatoms. The lowest BCUT2D eigenvalue weighted by atomic mass is 10.2. The number of halogens is 1. The molecule has 0 atom stereocenters. The number of para-hydroxylation sites is 1. The van der Waals surface area contributed by atoms with Crippen LogP contribution in [0, 0.1) is 19.7 Å². The smallest absolute Gasteiger partial charge is 0.293 e. The molecule has 1 aliphatic heterocycles. The average Bonchev–Trinajstić information content (AvgIpc) is 2.99. The van der Waals surface area contributed by atoms with Crippen molar-refractivity contribution < 1.29 is 14.0 Å². The van der Waals surface area contributed by atoms with E-state index in [2.05, 4.69) is 6.58 Å². The molecule has 4 nitrogen and oxygen atoms in total. The van der Waals surface area contributed by atoms with E-state index in [0.717, 1.165) is 33.6 Å². The van der Waals surface area contributed by atoms with Crippen LogP contribution >= 0.6 is 11.8 Å². The fourth-order valence-electron chi connectivity index (χ4n) is 2.87. The zero-order chi connectivity index (χ0) is 18.1. The fraction of sp³-hybridized carbons (Fsp3) is 0.158. The van der Waals surface area contributed by atoms with Crippen LogP contribution in [0.4, 0.5) is 9.18 Å². The first-order valence-electron chi connectivity index (χ1n) is 7.74. The predicted molar refractivity (Wildman–Crippen MR) is 98.1 cm³/mol. The van der Waals surface area contributed by atoms with Gasteiger partial charge in [0.15, 0.2) is 0 Å². The molecule has 0 bridgehead atoms. The molecule has 2 heterocycles. The molecule has 1 fully saturated rings. The molecule has 0 aliphatic carbocycles. The Bertz CT molecular complexity index is 914. The van der Waals surface area contributed by atoms with Gasteiger partial charge in [-0.3, -0.25) is 14.5 Å². The van der Waals surface area contributed by atoms with Gasteiger partial charge in [-0.05, 0) is 55.4 Å². The zero-order valence-corrected chi connectivity index (χ0v) is 14.8. The summed E-state index contributed by atoms with van der Waals surface area (Å²) in [6, 6.07) is 8.41. The van der Waals surface area contributed by atoms with Gasteiger partial charge < -0.3 is 4.57 Å². The van der Waals surface area contributed by atoms with Crippen LogP contribution in [0.2, 0.25) is 0 Å². The number of aromatic nitrogens is 1. The van der Waals surface area contributed by atoms with Gasteiger partial charge in [-0.1, -0.05) is 18.2 Å². The molecule has 3 rings (SSSR count). The molecule has 0 unspecified atom stereocenters. The molecular formula is C19H17FN2O2S. The quantitative estimate of drug-likeness (QED) is 0.600. The van der Waals surface area contributed by atoms with Gasteiger partial charge in [0.25, 0.3) is 11.1 Å². The van der Waals surface area contributed by atoms with Crippen LogP contribution in [0.25, 0.3) is 11.8 Å². The van der Waals surface area contributed by atoms with E-state index in [9.17, 15) is 14.0 Å². The highest BCUT2D eigenvalue weighted by Gasteiger charge is 2.34. The van der Waals surface area contributed by atoms with Gasteiger partial charge in [-0.25, -0.2) is 4.39 Å². The summed E-state index contributed by atoms with van der Waals surface area (Å²) in [6.45, 7) is 7.49. The number of amides is 2. The summed E-state index contributed by atoms with van der Waals surface area (Å²) < 4.78 is 15.9. The van der Waals surface area contributed by atoms with Gasteiger partial charge in [-0.15, -0.1) is 6.58 Å². The van der Waals surface area contributed by atoms with Crippen molar-refractivity contribution in [3.63, 3.8) is 0 Å². The topological polar surface area (TPSA) is 42.3 Å². The van der Waals surface area contributed by atoms with Crippen molar-refractivity contribution in [3.05, 3.63) is 70.7 Å². The Morgan fingerprint density at radius 2 is 1.96 bits per heavy atom. The third-order valence-corrected chi connectivity index (χ3v) is 4.94. The molecule has 1 saturated heterocycles. The summed E-state index contributed by atoms with van der Waals surface area (Å²) in [5.74, 6) is -0.646. The van der Waals surface area contributed by atoms with E-state index in [1.165, 1.54) is 12.1 Å². The highest BCUT2D eigenvalue weighted by molar-refractivity contribution is 8.18. The first-order valence-corrected chi connectivity index (χ1v) is 8.55. The van der Waals surface area contributed by atoms with Crippen molar-refractivity contribution in [1.29, 1.82) is 0 Å². The van der Waals surface area contributed by atoms with Crippen LogP contribution in [0.15, 0.2) is 47.9 Å². The van der Waals surface area contributed by atoms with Crippen molar-refractivity contribution in [2.24, 2.45) is 0 Å². The Morgan fingerprint density at radius 3 is 2.64 bits per heavy atom. The molecule has 2 amide bonds. The maximum atomic E-state index is 14.1. The Morgan fingerprint density at radius 1 is 1.24 bits per heavy atom. The number of hydrogen-bond acceptors (Lipinski definition) is 3. The minimum absolute atomic E-state index is 0.191. The minimum Gasteiger partial charge on any atom is -0.315 e. The van der Waals surface area contributed by atoms with Gasteiger partial charge in [0.2, 0.25) is 0 Å². The van der Waals surface area contributed by atoms with Crippen molar-refractivity contribution in [1.82, 2.24) is 9.47 Å². The maximum absolute atomic E-state index is 14.1. The first kappa shape index (κ1) is 17.2. The minimum atomic E-state index is -0.328. The number of carbonyl (C=O) groups excluding carboxylic acids is 2. The first-order chi connectivity index (χ1) is 11.9. The number of thioether (sulfide) groups is 1. The Hall–Kier alpha value is -2.60. The van der Waals surface area contributed by atoms with Gasteiger partial charge in [0.05, 0.1) is 10.6 Å². The summed E-state index contributed by atoms with van der Waals surface area (Å²) in [5, 5.41) is -0.306. The SMILES string of the molecule is C=CCN1C(=O)S/C(=C\c2cc(C)n(-c3ccccc3F)c2C)C1=O. The van der Waals surface area contributed by atoms with Crippen molar-refractivity contribution in [3.8, 4) is 5.69 Å². The second kappa shape index (κ2) is 6.72. The third-order valence-electron chi connectivity index (χ3n) is 4.04.